The number of hydrogen-bond donors (Lipinski definition) is 1. The number of pyridine rings is 2. The minimum atomic E-state index is 0.748. The van der Waals surface area contributed by atoms with Crippen LogP contribution in [0.2, 0.25) is 0 Å². The third-order valence-corrected chi connectivity index (χ3v) is 5.18. The van der Waals surface area contributed by atoms with E-state index in [2.05, 4.69) is 51.8 Å². The van der Waals surface area contributed by atoms with E-state index in [1.807, 2.05) is 38.2 Å². The number of fused-ring (bicyclic) bond motifs is 2. The highest BCUT2D eigenvalue weighted by atomic mass is 15.1. The molecule has 5 rings (SSSR count). The van der Waals surface area contributed by atoms with Gasteiger partial charge >= 0.3 is 0 Å². The Labute approximate surface area is 163 Å². The van der Waals surface area contributed by atoms with Gasteiger partial charge in [-0.3, -0.25) is 4.98 Å². The molecule has 0 aliphatic carbocycles. The molecule has 5 nitrogen and oxygen atoms in total. The Hall–Kier alpha value is -3.47. The largest absolute Gasteiger partial charge is 0.353 e. The van der Waals surface area contributed by atoms with Crippen molar-refractivity contribution in [2.75, 3.05) is 0 Å². The van der Waals surface area contributed by atoms with Gasteiger partial charge in [-0.1, -0.05) is 12.1 Å². The lowest BCUT2D eigenvalue weighted by Gasteiger charge is -2.07. The van der Waals surface area contributed by atoms with Crippen molar-refractivity contribution in [1.29, 1.82) is 0 Å². The fourth-order valence-corrected chi connectivity index (χ4v) is 3.82. The Bertz CT molecular complexity index is 1310. The Morgan fingerprint density at radius 3 is 2.68 bits per heavy atom. The van der Waals surface area contributed by atoms with E-state index in [9.17, 15) is 0 Å². The van der Waals surface area contributed by atoms with Gasteiger partial charge in [-0.2, -0.15) is 0 Å². The highest BCUT2D eigenvalue weighted by molar-refractivity contribution is 5.86. The molecule has 0 amide bonds. The average molecular weight is 367 g/mol. The van der Waals surface area contributed by atoms with Crippen molar-refractivity contribution < 1.29 is 0 Å². The summed E-state index contributed by atoms with van der Waals surface area (Å²) in [4.78, 5) is 17.4. The lowest BCUT2D eigenvalue weighted by Crippen LogP contribution is -2.03. The summed E-state index contributed by atoms with van der Waals surface area (Å²) < 4.78 is 2.20. The summed E-state index contributed by atoms with van der Waals surface area (Å²) in [7, 11) is 0. The molecule has 0 atom stereocenters. The molecule has 5 aromatic rings. The maximum absolute atomic E-state index is 4.75. The predicted octanol–water partition coefficient (Wildman–Crippen LogP) is 4.95. The normalized spacial score (nSPS) is 11.5. The maximum Gasteiger partial charge on any atom is 0.160 e. The van der Waals surface area contributed by atoms with Crippen LogP contribution in [0.15, 0.2) is 54.7 Å². The molecule has 0 spiro atoms. The van der Waals surface area contributed by atoms with Crippen molar-refractivity contribution in [2.45, 2.75) is 27.3 Å². The standard InChI is InChI=1S/C23H21N5/c1-14-10-15(2)25-23-22(14)26-16(3)28(23)13-17-7-8-19-18(11-17)12-21(27-19)20-6-4-5-9-24-20/h4-12,27H,13H2,1-3H3. The van der Waals surface area contributed by atoms with Gasteiger partial charge in [-0.25, -0.2) is 9.97 Å². The fraction of sp³-hybridized carbons (Fsp3) is 0.174. The summed E-state index contributed by atoms with van der Waals surface area (Å²) in [6.07, 6.45) is 1.82. The Morgan fingerprint density at radius 2 is 1.86 bits per heavy atom. The SMILES string of the molecule is Cc1cc(C)c2nc(C)n(Cc3ccc4[nH]c(-c5ccccn5)cc4c3)c2n1. The average Bonchev–Trinajstić information content (AvgIpc) is 3.24. The third kappa shape index (κ3) is 2.76. The monoisotopic (exact) mass is 367 g/mol. The molecule has 28 heavy (non-hydrogen) atoms. The molecule has 0 radical (unpaired) electrons. The quantitative estimate of drug-likeness (QED) is 0.491. The summed E-state index contributed by atoms with van der Waals surface area (Å²) in [6.45, 7) is 6.92. The number of benzene rings is 1. The molecule has 1 N–H and O–H groups in total. The highest BCUT2D eigenvalue weighted by Crippen LogP contribution is 2.25. The van der Waals surface area contributed by atoms with Crippen LogP contribution in [-0.4, -0.2) is 24.5 Å². The molecule has 0 saturated carbocycles. The number of nitrogens with zero attached hydrogens (tertiary/aromatic N) is 4. The summed E-state index contributed by atoms with van der Waals surface area (Å²) in [5.74, 6) is 0.986. The number of aryl methyl sites for hydroxylation is 3. The lowest BCUT2D eigenvalue weighted by atomic mass is 10.1. The zero-order valence-corrected chi connectivity index (χ0v) is 16.2. The number of nitrogens with one attached hydrogen (secondary N) is 1. The van der Waals surface area contributed by atoms with Crippen LogP contribution in [0.1, 0.15) is 22.6 Å². The van der Waals surface area contributed by atoms with Crippen LogP contribution in [0, 0.1) is 20.8 Å². The molecule has 0 unspecified atom stereocenters. The number of rotatable bonds is 3. The van der Waals surface area contributed by atoms with Crippen LogP contribution in [-0.2, 0) is 6.54 Å². The molecule has 4 heterocycles. The number of imidazole rings is 1. The summed E-state index contributed by atoms with van der Waals surface area (Å²) in [5, 5.41) is 1.18. The van der Waals surface area contributed by atoms with Crippen molar-refractivity contribution in [2.24, 2.45) is 0 Å². The van der Waals surface area contributed by atoms with E-state index in [1.54, 1.807) is 0 Å². The van der Waals surface area contributed by atoms with Gasteiger partial charge in [-0.15, -0.1) is 0 Å². The highest BCUT2D eigenvalue weighted by Gasteiger charge is 2.13. The number of H-pyrrole nitrogens is 1. The van der Waals surface area contributed by atoms with Gasteiger partial charge in [0.1, 0.15) is 11.3 Å². The van der Waals surface area contributed by atoms with Crippen LogP contribution in [0.25, 0.3) is 33.5 Å². The van der Waals surface area contributed by atoms with Crippen molar-refractivity contribution >= 4 is 22.1 Å². The number of aromatic nitrogens is 5. The molecule has 0 fully saturated rings. The topological polar surface area (TPSA) is 59.4 Å². The summed E-state index contributed by atoms with van der Waals surface area (Å²) in [6, 6.07) is 16.7. The third-order valence-electron chi connectivity index (χ3n) is 5.18. The smallest absolute Gasteiger partial charge is 0.160 e. The van der Waals surface area contributed by atoms with E-state index in [1.165, 1.54) is 16.5 Å². The van der Waals surface area contributed by atoms with Crippen LogP contribution in [0.4, 0.5) is 0 Å². The Balaban J connectivity index is 1.56. The molecule has 0 aliphatic heterocycles. The molecule has 4 aromatic heterocycles. The van der Waals surface area contributed by atoms with Gasteiger partial charge < -0.3 is 9.55 Å². The van der Waals surface area contributed by atoms with Crippen LogP contribution >= 0.6 is 0 Å². The second-order valence-electron chi connectivity index (χ2n) is 7.32. The van der Waals surface area contributed by atoms with Crippen LogP contribution < -0.4 is 0 Å². The summed E-state index contributed by atoms with van der Waals surface area (Å²) >= 11 is 0. The van der Waals surface area contributed by atoms with Gasteiger partial charge in [-0.05, 0) is 68.3 Å². The van der Waals surface area contributed by atoms with Crippen molar-refractivity contribution in [3.63, 3.8) is 0 Å². The molecule has 1 aromatic carbocycles. The van der Waals surface area contributed by atoms with Crippen molar-refractivity contribution in [3.8, 4) is 11.4 Å². The molecule has 5 heteroatoms. The predicted molar refractivity (Wildman–Crippen MR) is 112 cm³/mol. The molecular weight excluding hydrogens is 346 g/mol. The molecule has 0 bridgehead atoms. The Kier molecular flexibility index (Phi) is 3.76. The first-order valence-corrected chi connectivity index (χ1v) is 9.42. The van der Waals surface area contributed by atoms with Crippen LogP contribution in [0.3, 0.4) is 0 Å². The first kappa shape index (κ1) is 16.7. The summed E-state index contributed by atoms with van der Waals surface area (Å²) in [5.41, 5.74) is 8.46. The molecule has 138 valence electrons. The first-order chi connectivity index (χ1) is 13.6. The second-order valence-corrected chi connectivity index (χ2v) is 7.32. The molecule has 0 aliphatic rings. The van der Waals surface area contributed by atoms with E-state index < -0.39 is 0 Å². The zero-order valence-electron chi connectivity index (χ0n) is 16.2. The first-order valence-electron chi connectivity index (χ1n) is 9.42. The molecule has 0 saturated heterocycles. The number of aromatic amines is 1. The minimum absolute atomic E-state index is 0.748. The Morgan fingerprint density at radius 1 is 0.964 bits per heavy atom. The van der Waals surface area contributed by atoms with E-state index in [0.717, 1.165) is 46.1 Å². The van der Waals surface area contributed by atoms with Gasteiger partial charge in [0.25, 0.3) is 0 Å². The van der Waals surface area contributed by atoms with E-state index >= 15 is 0 Å². The lowest BCUT2D eigenvalue weighted by molar-refractivity contribution is 0.777. The molecular formula is C23H21N5. The van der Waals surface area contributed by atoms with Crippen LogP contribution in [0.5, 0.6) is 0 Å². The van der Waals surface area contributed by atoms with Gasteiger partial charge in [0.05, 0.1) is 17.9 Å². The minimum Gasteiger partial charge on any atom is -0.353 e. The van der Waals surface area contributed by atoms with E-state index in [0.29, 0.717) is 0 Å². The zero-order chi connectivity index (χ0) is 19.3. The maximum atomic E-state index is 4.75. The fourth-order valence-electron chi connectivity index (χ4n) is 3.82. The van der Waals surface area contributed by atoms with Gasteiger partial charge in [0.2, 0.25) is 0 Å². The number of hydrogen-bond acceptors (Lipinski definition) is 3. The van der Waals surface area contributed by atoms with Crippen molar-refractivity contribution in [3.05, 3.63) is 77.4 Å². The van der Waals surface area contributed by atoms with Gasteiger partial charge in [0.15, 0.2) is 5.65 Å². The second kappa shape index (κ2) is 6.30. The van der Waals surface area contributed by atoms with Gasteiger partial charge in [0, 0.05) is 22.8 Å². The van der Waals surface area contributed by atoms with E-state index in [-0.39, 0.29) is 0 Å². The van der Waals surface area contributed by atoms with Crippen molar-refractivity contribution in [1.82, 2.24) is 24.5 Å². The van der Waals surface area contributed by atoms with E-state index in [4.69, 9.17) is 9.97 Å².